The zero-order valence-corrected chi connectivity index (χ0v) is 10.00. The summed E-state index contributed by atoms with van der Waals surface area (Å²) in [6.07, 6.45) is 0. The van der Waals surface area contributed by atoms with Gasteiger partial charge in [0.1, 0.15) is 29.8 Å². The molecule has 0 bridgehead atoms. The molecule has 0 heterocycles. The van der Waals surface area contributed by atoms with Gasteiger partial charge in [-0.1, -0.05) is 0 Å². The van der Waals surface area contributed by atoms with Crippen LogP contribution in [0.1, 0.15) is 11.1 Å². The number of ether oxygens (including phenoxy) is 1. The van der Waals surface area contributed by atoms with E-state index in [1.54, 1.807) is 6.07 Å². The number of halogens is 3. The van der Waals surface area contributed by atoms with Crippen molar-refractivity contribution in [2.24, 2.45) is 5.73 Å². The van der Waals surface area contributed by atoms with Gasteiger partial charge in [0, 0.05) is 18.2 Å². The summed E-state index contributed by atoms with van der Waals surface area (Å²) in [5, 5.41) is 0. The lowest BCUT2D eigenvalue weighted by atomic mass is 10.2. The standard InChI is InChI=1S/C14H12F3NO/c15-11-1-2-14(17)10(5-11)8-19-13-4-9(7-18)3-12(16)6-13/h1-6H,7-8,18H2. The third kappa shape index (κ3) is 3.48. The molecule has 2 nitrogen and oxygen atoms in total. The van der Waals surface area contributed by atoms with Crippen molar-refractivity contribution in [3.05, 3.63) is 65.0 Å². The fraction of sp³-hybridized carbons (Fsp3) is 0.143. The highest BCUT2D eigenvalue weighted by atomic mass is 19.1. The summed E-state index contributed by atoms with van der Waals surface area (Å²) < 4.78 is 44.8. The third-order valence-electron chi connectivity index (χ3n) is 2.57. The largest absolute Gasteiger partial charge is 0.489 e. The highest BCUT2D eigenvalue weighted by molar-refractivity contribution is 5.30. The molecule has 0 amide bonds. The summed E-state index contributed by atoms with van der Waals surface area (Å²) in [7, 11) is 0. The van der Waals surface area contributed by atoms with Crippen LogP contribution >= 0.6 is 0 Å². The van der Waals surface area contributed by atoms with Crippen LogP contribution in [0.25, 0.3) is 0 Å². The molecule has 0 spiro atoms. The van der Waals surface area contributed by atoms with Crippen LogP contribution in [-0.2, 0) is 13.2 Å². The monoisotopic (exact) mass is 267 g/mol. The van der Waals surface area contributed by atoms with Gasteiger partial charge in [-0.3, -0.25) is 0 Å². The van der Waals surface area contributed by atoms with E-state index in [-0.39, 0.29) is 24.5 Å². The van der Waals surface area contributed by atoms with Crippen LogP contribution in [0.2, 0.25) is 0 Å². The van der Waals surface area contributed by atoms with E-state index in [2.05, 4.69) is 0 Å². The lowest BCUT2D eigenvalue weighted by Crippen LogP contribution is -2.02. The zero-order valence-electron chi connectivity index (χ0n) is 10.00. The predicted octanol–water partition coefficient (Wildman–Crippen LogP) is 3.14. The van der Waals surface area contributed by atoms with E-state index >= 15 is 0 Å². The van der Waals surface area contributed by atoms with Gasteiger partial charge in [-0.15, -0.1) is 0 Å². The number of benzene rings is 2. The molecule has 0 saturated carbocycles. The molecule has 100 valence electrons. The van der Waals surface area contributed by atoms with Crippen molar-refractivity contribution in [1.82, 2.24) is 0 Å². The van der Waals surface area contributed by atoms with E-state index in [4.69, 9.17) is 10.5 Å². The number of hydrogen-bond acceptors (Lipinski definition) is 2. The molecule has 0 aromatic heterocycles. The van der Waals surface area contributed by atoms with Crippen LogP contribution in [0.3, 0.4) is 0 Å². The molecule has 0 unspecified atom stereocenters. The smallest absolute Gasteiger partial charge is 0.130 e. The lowest BCUT2D eigenvalue weighted by molar-refractivity contribution is 0.297. The van der Waals surface area contributed by atoms with Gasteiger partial charge in [-0.25, -0.2) is 13.2 Å². The van der Waals surface area contributed by atoms with Gasteiger partial charge in [0.25, 0.3) is 0 Å². The normalized spacial score (nSPS) is 10.5. The van der Waals surface area contributed by atoms with E-state index in [1.165, 1.54) is 6.07 Å². The quantitative estimate of drug-likeness (QED) is 0.923. The molecule has 0 fully saturated rings. The van der Waals surface area contributed by atoms with Gasteiger partial charge in [0.2, 0.25) is 0 Å². The molecule has 0 saturated heterocycles. The molecule has 0 aliphatic carbocycles. The van der Waals surface area contributed by atoms with Crippen molar-refractivity contribution < 1.29 is 17.9 Å². The van der Waals surface area contributed by atoms with Crippen molar-refractivity contribution in [2.45, 2.75) is 13.2 Å². The first kappa shape index (κ1) is 13.4. The summed E-state index contributed by atoms with van der Waals surface area (Å²) in [6.45, 7) is -0.0144. The van der Waals surface area contributed by atoms with Crippen molar-refractivity contribution in [3.63, 3.8) is 0 Å². The highest BCUT2D eigenvalue weighted by Crippen LogP contribution is 2.19. The fourth-order valence-corrected chi connectivity index (χ4v) is 1.64. The Bertz CT molecular complexity index is 587. The first-order valence-corrected chi connectivity index (χ1v) is 5.65. The van der Waals surface area contributed by atoms with E-state index in [9.17, 15) is 13.2 Å². The zero-order chi connectivity index (χ0) is 13.8. The van der Waals surface area contributed by atoms with E-state index < -0.39 is 17.5 Å². The molecule has 2 aromatic rings. The minimum atomic E-state index is -0.572. The Labute approximate surface area is 108 Å². The Kier molecular flexibility index (Phi) is 4.06. The molecule has 0 aliphatic heterocycles. The average molecular weight is 267 g/mol. The van der Waals surface area contributed by atoms with E-state index in [0.717, 1.165) is 24.3 Å². The van der Waals surface area contributed by atoms with Crippen LogP contribution in [0, 0.1) is 17.5 Å². The highest BCUT2D eigenvalue weighted by Gasteiger charge is 2.06. The van der Waals surface area contributed by atoms with Gasteiger partial charge in [0.05, 0.1) is 0 Å². The number of nitrogens with two attached hydrogens (primary N) is 1. The minimum absolute atomic E-state index is 0.0681. The average Bonchev–Trinajstić information content (AvgIpc) is 2.39. The second kappa shape index (κ2) is 5.75. The Hall–Kier alpha value is -2.01. The maximum Gasteiger partial charge on any atom is 0.130 e. The number of rotatable bonds is 4. The van der Waals surface area contributed by atoms with Gasteiger partial charge >= 0.3 is 0 Å². The number of hydrogen-bond donors (Lipinski definition) is 1. The molecular weight excluding hydrogens is 255 g/mol. The Morgan fingerprint density at radius 1 is 0.947 bits per heavy atom. The minimum Gasteiger partial charge on any atom is -0.489 e. The van der Waals surface area contributed by atoms with Gasteiger partial charge in [-0.05, 0) is 35.9 Å². The lowest BCUT2D eigenvalue weighted by Gasteiger charge is -2.09. The molecule has 5 heteroatoms. The Morgan fingerprint density at radius 3 is 2.47 bits per heavy atom. The van der Waals surface area contributed by atoms with Gasteiger partial charge in [0.15, 0.2) is 0 Å². The summed E-state index contributed by atoms with van der Waals surface area (Å²) >= 11 is 0. The molecule has 2 rings (SSSR count). The van der Waals surface area contributed by atoms with Crippen molar-refractivity contribution in [1.29, 1.82) is 0 Å². The first-order valence-electron chi connectivity index (χ1n) is 5.65. The Balaban J connectivity index is 2.14. The van der Waals surface area contributed by atoms with Crippen LogP contribution in [0.4, 0.5) is 13.2 Å². The van der Waals surface area contributed by atoms with Crippen molar-refractivity contribution in [3.8, 4) is 5.75 Å². The first-order chi connectivity index (χ1) is 9.08. The third-order valence-corrected chi connectivity index (χ3v) is 2.57. The molecule has 19 heavy (non-hydrogen) atoms. The van der Waals surface area contributed by atoms with E-state index in [0.29, 0.717) is 5.56 Å². The SMILES string of the molecule is NCc1cc(F)cc(OCc2cc(F)ccc2F)c1. The summed E-state index contributed by atoms with van der Waals surface area (Å²) in [5.41, 5.74) is 6.04. The molecule has 0 atom stereocenters. The van der Waals surface area contributed by atoms with Crippen LogP contribution in [0.5, 0.6) is 5.75 Å². The van der Waals surface area contributed by atoms with Crippen LogP contribution in [0.15, 0.2) is 36.4 Å². The van der Waals surface area contributed by atoms with Gasteiger partial charge < -0.3 is 10.5 Å². The molecule has 0 radical (unpaired) electrons. The van der Waals surface area contributed by atoms with Gasteiger partial charge in [-0.2, -0.15) is 0 Å². The Morgan fingerprint density at radius 2 is 1.74 bits per heavy atom. The maximum atomic E-state index is 13.4. The second-order valence-corrected chi connectivity index (χ2v) is 4.02. The van der Waals surface area contributed by atoms with Crippen molar-refractivity contribution >= 4 is 0 Å². The second-order valence-electron chi connectivity index (χ2n) is 4.02. The maximum absolute atomic E-state index is 13.4. The summed E-state index contributed by atoms with van der Waals surface area (Å²) in [4.78, 5) is 0. The predicted molar refractivity (Wildman–Crippen MR) is 65.0 cm³/mol. The van der Waals surface area contributed by atoms with E-state index in [1.807, 2.05) is 0 Å². The summed E-state index contributed by atoms with van der Waals surface area (Å²) in [6, 6.07) is 7.09. The van der Waals surface area contributed by atoms with Crippen molar-refractivity contribution in [2.75, 3.05) is 0 Å². The van der Waals surface area contributed by atoms with Crippen LogP contribution < -0.4 is 10.5 Å². The van der Waals surface area contributed by atoms with Crippen LogP contribution in [-0.4, -0.2) is 0 Å². The topological polar surface area (TPSA) is 35.2 Å². The molecular formula is C14H12F3NO. The molecule has 0 aliphatic rings. The summed E-state index contributed by atoms with van der Waals surface area (Å²) in [5.74, 6) is -1.39. The molecule has 2 N–H and O–H groups in total. The fourth-order valence-electron chi connectivity index (χ4n) is 1.64. The molecule has 2 aromatic carbocycles.